The van der Waals surface area contributed by atoms with Gasteiger partial charge in [-0.2, -0.15) is 0 Å². The number of carboxylic acid groups (broad SMARTS) is 1. The first-order valence-corrected chi connectivity index (χ1v) is 8.69. The highest BCUT2D eigenvalue weighted by molar-refractivity contribution is 6.42. The third-order valence-corrected chi connectivity index (χ3v) is 4.96. The molecule has 0 aliphatic heterocycles. The van der Waals surface area contributed by atoms with E-state index in [1.165, 1.54) is 0 Å². The second kappa shape index (κ2) is 8.55. The third-order valence-electron chi connectivity index (χ3n) is 4.12. The van der Waals surface area contributed by atoms with Crippen molar-refractivity contribution in [2.24, 2.45) is 5.92 Å². The number of unbranched alkanes of at least 4 members (excludes halogenated alkanes) is 3. The van der Waals surface area contributed by atoms with Gasteiger partial charge in [0.05, 0.1) is 10.0 Å². The van der Waals surface area contributed by atoms with Gasteiger partial charge in [-0.15, -0.1) is 0 Å². The molecule has 23 heavy (non-hydrogen) atoms. The maximum Gasteiger partial charge on any atom is 0.303 e. The van der Waals surface area contributed by atoms with Crippen LogP contribution >= 0.6 is 23.2 Å². The molecule has 1 saturated carbocycles. The molecule has 2 atom stereocenters. The first-order chi connectivity index (χ1) is 11.0. The Kier molecular flexibility index (Phi) is 6.72. The van der Waals surface area contributed by atoms with E-state index in [0.29, 0.717) is 23.0 Å². The van der Waals surface area contributed by atoms with Gasteiger partial charge in [-0.25, -0.2) is 0 Å². The van der Waals surface area contributed by atoms with Crippen LogP contribution in [0.5, 0.6) is 0 Å². The summed E-state index contributed by atoms with van der Waals surface area (Å²) in [6, 6.07) is 5.53. The van der Waals surface area contributed by atoms with E-state index in [9.17, 15) is 9.59 Å². The van der Waals surface area contributed by atoms with Gasteiger partial charge in [0, 0.05) is 18.9 Å². The first kappa shape index (κ1) is 18.1. The molecule has 0 bridgehead atoms. The van der Waals surface area contributed by atoms with Gasteiger partial charge in [-0.1, -0.05) is 48.2 Å². The van der Waals surface area contributed by atoms with Crippen molar-refractivity contribution in [1.29, 1.82) is 0 Å². The van der Waals surface area contributed by atoms with Crippen molar-refractivity contribution in [3.05, 3.63) is 33.8 Å². The molecule has 0 heterocycles. The van der Waals surface area contributed by atoms with Gasteiger partial charge in [0.15, 0.2) is 0 Å². The molecule has 0 aromatic heterocycles. The van der Waals surface area contributed by atoms with Gasteiger partial charge in [0.25, 0.3) is 0 Å². The lowest BCUT2D eigenvalue weighted by atomic mass is 10.1. The van der Waals surface area contributed by atoms with Gasteiger partial charge in [-0.3, -0.25) is 9.59 Å². The summed E-state index contributed by atoms with van der Waals surface area (Å²) in [6.45, 7) is 0.637. The fourth-order valence-corrected chi connectivity index (χ4v) is 3.18. The lowest BCUT2D eigenvalue weighted by molar-refractivity contribution is -0.137. The highest BCUT2D eigenvalue weighted by Gasteiger charge is 2.44. The minimum Gasteiger partial charge on any atom is -0.481 e. The summed E-state index contributed by atoms with van der Waals surface area (Å²) in [7, 11) is 0. The van der Waals surface area contributed by atoms with Crippen LogP contribution in [0.15, 0.2) is 18.2 Å². The van der Waals surface area contributed by atoms with Crippen molar-refractivity contribution in [2.45, 2.75) is 44.4 Å². The van der Waals surface area contributed by atoms with Crippen LogP contribution in [-0.2, 0) is 9.59 Å². The molecular weight excluding hydrogens is 337 g/mol. The number of carboxylic acids is 1. The predicted molar refractivity (Wildman–Crippen MR) is 91.0 cm³/mol. The van der Waals surface area contributed by atoms with Crippen molar-refractivity contribution in [3.8, 4) is 0 Å². The molecule has 1 aliphatic carbocycles. The molecule has 1 aromatic rings. The molecule has 2 rings (SSSR count). The quantitative estimate of drug-likeness (QED) is 0.649. The number of hydrogen-bond acceptors (Lipinski definition) is 2. The van der Waals surface area contributed by atoms with E-state index >= 15 is 0 Å². The Balaban J connectivity index is 1.64. The smallest absolute Gasteiger partial charge is 0.303 e. The molecule has 2 unspecified atom stereocenters. The Morgan fingerprint density at radius 1 is 1.17 bits per heavy atom. The second-order valence-electron chi connectivity index (χ2n) is 5.94. The second-order valence-corrected chi connectivity index (χ2v) is 6.73. The van der Waals surface area contributed by atoms with Crippen molar-refractivity contribution in [3.63, 3.8) is 0 Å². The van der Waals surface area contributed by atoms with Crippen LogP contribution in [0.4, 0.5) is 0 Å². The first-order valence-electron chi connectivity index (χ1n) is 7.94. The third kappa shape index (κ3) is 5.40. The number of aliphatic carboxylic acids is 1. The molecule has 4 nitrogen and oxygen atoms in total. The molecule has 2 N–H and O–H groups in total. The van der Waals surface area contributed by atoms with Gasteiger partial charge in [0.2, 0.25) is 5.91 Å². The number of nitrogens with one attached hydrogen (secondary N) is 1. The number of rotatable bonds is 9. The van der Waals surface area contributed by atoms with Crippen molar-refractivity contribution in [2.75, 3.05) is 6.54 Å². The Hall–Kier alpha value is -1.26. The summed E-state index contributed by atoms with van der Waals surface area (Å²) in [6.07, 6.45) is 4.41. The molecule has 1 aromatic carbocycles. The highest BCUT2D eigenvalue weighted by Crippen LogP contribution is 2.50. The Bertz CT molecular complexity index is 577. The van der Waals surface area contributed by atoms with E-state index in [0.717, 1.165) is 31.2 Å². The zero-order valence-electron chi connectivity index (χ0n) is 12.9. The van der Waals surface area contributed by atoms with E-state index < -0.39 is 5.97 Å². The summed E-state index contributed by atoms with van der Waals surface area (Å²) in [4.78, 5) is 22.5. The number of halogens is 2. The Morgan fingerprint density at radius 3 is 2.65 bits per heavy atom. The number of amides is 1. The van der Waals surface area contributed by atoms with Crippen molar-refractivity contribution in [1.82, 2.24) is 5.32 Å². The minimum absolute atomic E-state index is 0.0158. The molecule has 0 spiro atoms. The minimum atomic E-state index is -0.752. The van der Waals surface area contributed by atoms with Crippen LogP contribution < -0.4 is 5.32 Å². The normalized spacial score (nSPS) is 19.4. The Labute approximate surface area is 146 Å². The van der Waals surface area contributed by atoms with Gasteiger partial charge < -0.3 is 10.4 Å². The van der Waals surface area contributed by atoms with Crippen molar-refractivity contribution < 1.29 is 14.7 Å². The van der Waals surface area contributed by atoms with Gasteiger partial charge in [-0.05, 0) is 36.8 Å². The zero-order chi connectivity index (χ0) is 16.8. The van der Waals surface area contributed by atoms with E-state index in [2.05, 4.69) is 5.32 Å². The van der Waals surface area contributed by atoms with Crippen molar-refractivity contribution >= 4 is 35.1 Å². The van der Waals surface area contributed by atoms with Crippen LogP contribution in [0.25, 0.3) is 0 Å². The molecule has 1 aliphatic rings. The maximum atomic E-state index is 12.1. The van der Waals surface area contributed by atoms with E-state index in [1.54, 1.807) is 6.07 Å². The van der Waals surface area contributed by atoms with Crippen LogP contribution in [0.2, 0.25) is 10.0 Å². The Morgan fingerprint density at radius 2 is 1.91 bits per heavy atom. The van der Waals surface area contributed by atoms with Gasteiger partial charge in [0.1, 0.15) is 0 Å². The molecule has 1 fully saturated rings. The summed E-state index contributed by atoms with van der Waals surface area (Å²) in [5, 5.41) is 12.6. The zero-order valence-corrected chi connectivity index (χ0v) is 14.4. The monoisotopic (exact) mass is 357 g/mol. The maximum absolute atomic E-state index is 12.1. The fourth-order valence-electron chi connectivity index (χ4n) is 2.73. The average Bonchev–Trinajstić information content (AvgIpc) is 3.29. The lowest BCUT2D eigenvalue weighted by Crippen LogP contribution is -2.26. The summed E-state index contributed by atoms with van der Waals surface area (Å²) in [5.41, 5.74) is 0.952. The van der Waals surface area contributed by atoms with Crippen LogP contribution in [-0.4, -0.2) is 23.5 Å². The summed E-state index contributed by atoms with van der Waals surface area (Å²) in [5.74, 6) is -0.538. The SMILES string of the molecule is O=C(O)CCCCCCNC(=O)C1CC1c1cccc(Cl)c1Cl. The highest BCUT2D eigenvalue weighted by atomic mass is 35.5. The number of carbonyl (C=O) groups is 2. The standard InChI is InChI=1S/C17H21Cl2NO3/c18-14-7-5-6-11(16(14)19)12-10-13(12)17(23)20-9-4-2-1-3-8-15(21)22/h5-7,12-13H,1-4,8-10H2,(H,20,23)(H,21,22). The fraction of sp³-hybridized carbons (Fsp3) is 0.529. The number of hydrogen-bond donors (Lipinski definition) is 2. The van der Waals surface area contributed by atoms with Crippen LogP contribution in [0, 0.1) is 5.92 Å². The predicted octanol–water partition coefficient (Wildman–Crippen LogP) is 4.25. The number of benzene rings is 1. The molecule has 1 amide bonds. The molecule has 126 valence electrons. The van der Waals surface area contributed by atoms with E-state index in [4.69, 9.17) is 28.3 Å². The molecule has 0 radical (unpaired) electrons. The topological polar surface area (TPSA) is 66.4 Å². The van der Waals surface area contributed by atoms with E-state index in [-0.39, 0.29) is 24.2 Å². The van der Waals surface area contributed by atoms with Crippen LogP contribution in [0.3, 0.4) is 0 Å². The summed E-state index contributed by atoms with van der Waals surface area (Å²) >= 11 is 12.2. The molecule has 6 heteroatoms. The van der Waals surface area contributed by atoms with Gasteiger partial charge >= 0.3 is 5.97 Å². The number of carbonyl (C=O) groups excluding carboxylic acids is 1. The lowest BCUT2D eigenvalue weighted by Gasteiger charge is -2.07. The largest absolute Gasteiger partial charge is 0.481 e. The van der Waals surface area contributed by atoms with E-state index in [1.807, 2.05) is 12.1 Å². The molecular formula is C17H21Cl2NO3. The molecule has 0 saturated heterocycles. The summed E-state index contributed by atoms with van der Waals surface area (Å²) < 4.78 is 0. The average molecular weight is 358 g/mol. The van der Waals surface area contributed by atoms with Crippen LogP contribution in [0.1, 0.15) is 50.0 Å².